The van der Waals surface area contributed by atoms with Crippen LogP contribution >= 0.6 is 11.8 Å². The van der Waals surface area contributed by atoms with Gasteiger partial charge >= 0.3 is 0 Å². The molecule has 3 nitrogen and oxygen atoms in total. The maximum absolute atomic E-state index is 8.99. The fourth-order valence-corrected chi connectivity index (χ4v) is 3.26. The first-order valence-corrected chi connectivity index (χ1v) is 7.68. The third-order valence-electron chi connectivity index (χ3n) is 3.43. The van der Waals surface area contributed by atoms with Gasteiger partial charge in [0.05, 0.1) is 23.4 Å². The highest BCUT2D eigenvalue weighted by Crippen LogP contribution is 2.35. The summed E-state index contributed by atoms with van der Waals surface area (Å²) in [6.07, 6.45) is 0. The summed E-state index contributed by atoms with van der Waals surface area (Å²) in [4.78, 5) is 4.57. The molecule has 1 atom stereocenters. The number of aliphatic imine (C=N–C) groups is 1. The smallest absolute Gasteiger partial charge is 0.161 e. The minimum absolute atomic E-state index is 0.369. The summed E-state index contributed by atoms with van der Waals surface area (Å²) >= 11 is 1.74. The molecular weight excluding hydrogens is 278 g/mol. The van der Waals surface area contributed by atoms with E-state index in [0.717, 1.165) is 23.0 Å². The molecule has 0 bridgehead atoms. The number of aryl methyl sites for hydroxylation is 1. The van der Waals surface area contributed by atoms with E-state index >= 15 is 0 Å². The molecule has 21 heavy (non-hydrogen) atoms. The van der Waals surface area contributed by atoms with Crippen molar-refractivity contribution in [2.45, 2.75) is 12.2 Å². The van der Waals surface area contributed by atoms with Gasteiger partial charge in [-0.05, 0) is 30.2 Å². The Kier molecular flexibility index (Phi) is 3.94. The third-order valence-corrected chi connectivity index (χ3v) is 4.59. The van der Waals surface area contributed by atoms with Gasteiger partial charge in [0, 0.05) is 5.69 Å². The first-order valence-electron chi connectivity index (χ1n) is 6.80. The molecule has 0 saturated heterocycles. The highest BCUT2D eigenvalue weighted by Gasteiger charge is 2.21. The Morgan fingerprint density at radius 2 is 2.05 bits per heavy atom. The molecule has 1 heterocycles. The van der Waals surface area contributed by atoms with Gasteiger partial charge in [0.2, 0.25) is 0 Å². The Bertz CT molecular complexity index is 717. The first kappa shape index (κ1) is 13.7. The van der Waals surface area contributed by atoms with E-state index in [1.54, 1.807) is 11.8 Å². The van der Waals surface area contributed by atoms with Crippen LogP contribution < -0.4 is 5.32 Å². The van der Waals surface area contributed by atoms with Crippen LogP contribution in [0.2, 0.25) is 0 Å². The van der Waals surface area contributed by atoms with Crippen molar-refractivity contribution in [1.82, 2.24) is 0 Å². The van der Waals surface area contributed by atoms with E-state index in [1.165, 1.54) is 5.56 Å². The topological polar surface area (TPSA) is 48.2 Å². The molecule has 2 aromatic carbocycles. The van der Waals surface area contributed by atoms with Gasteiger partial charge in [-0.1, -0.05) is 48.2 Å². The summed E-state index contributed by atoms with van der Waals surface area (Å²) in [5.41, 5.74) is 4.02. The molecule has 2 aromatic rings. The van der Waals surface area contributed by atoms with Crippen molar-refractivity contribution in [3.63, 3.8) is 0 Å². The number of hydrogen-bond acceptors (Lipinski definition) is 4. The van der Waals surface area contributed by atoms with Crippen LogP contribution in [-0.4, -0.2) is 11.7 Å². The van der Waals surface area contributed by atoms with Gasteiger partial charge in [-0.15, -0.1) is 0 Å². The number of anilines is 1. The summed E-state index contributed by atoms with van der Waals surface area (Å²) in [7, 11) is 0. The number of nitrogens with one attached hydrogen (secondary N) is 1. The van der Waals surface area contributed by atoms with Crippen molar-refractivity contribution in [2.24, 2.45) is 4.99 Å². The molecule has 0 aromatic heterocycles. The molecule has 4 heteroatoms. The van der Waals surface area contributed by atoms with E-state index < -0.39 is 0 Å². The zero-order valence-electron chi connectivity index (χ0n) is 11.7. The van der Waals surface area contributed by atoms with Crippen LogP contribution in [0.3, 0.4) is 0 Å². The Labute approximate surface area is 128 Å². The molecule has 0 amide bonds. The molecule has 0 spiro atoms. The minimum atomic E-state index is 0.369. The Morgan fingerprint density at radius 3 is 2.81 bits per heavy atom. The fourth-order valence-electron chi connectivity index (χ4n) is 2.23. The largest absolute Gasteiger partial charge is 0.335 e. The molecule has 1 N–H and O–H groups in total. The van der Waals surface area contributed by atoms with Crippen molar-refractivity contribution >= 4 is 22.6 Å². The van der Waals surface area contributed by atoms with Crippen LogP contribution in [0.4, 0.5) is 5.69 Å². The summed E-state index contributed by atoms with van der Waals surface area (Å²) in [5, 5.41) is 13.6. The number of amidine groups is 1. The van der Waals surface area contributed by atoms with Crippen LogP contribution in [0.5, 0.6) is 0 Å². The average Bonchev–Trinajstić information content (AvgIpc) is 2.99. The summed E-state index contributed by atoms with van der Waals surface area (Å²) in [6.45, 7) is 2.81. The summed E-state index contributed by atoms with van der Waals surface area (Å²) in [5.74, 6) is 0. The minimum Gasteiger partial charge on any atom is -0.335 e. The fraction of sp³-hybridized carbons (Fsp3) is 0.176. The molecule has 0 saturated carbocycles. The Morgan fingerprint density at radius 1 is 1.24 bits per heavy atom. The number of nitriles is 1. The van der Waals surface area contributed by atoms with Gasteiger partial charge in [0.15, 0.2) is 5.17 Å². The Balaban J connectivity index is 1.72. The first-order chi connectivity index (χ1) is 10.3. The molecule has 3 rings (SSSR count). The number of nitrogens with zero attached hydrogens (tertiary/aromatic N) is 2. The van der Waals surface area contributed by atoms with E-state index in [2.05, 4.69) is 40.6 Å². The Hall–Kier alpha value is -2.25. The predicted octanol–water partition coefficient (Wildman–Crippen LogP) is 4.12. The van der Waals surface area contributed by atoms with E-state index in [-0.39, 0.29) is 0 Å². The van der Waals surface area contributed by atoms with Crippen molar-refractivity contribution in [2.75, 3.05) is 11.9 Å². The predicted molar refractivity (Wildman–Crippen MR) is 88.6 cm³/mol. The van der Waals surface area contributed by atoms with Crippen LogP contribution in [-0.2, 0) is 0 Å². The van der Waals surface area contributed by atoms with Gasteiger partial charge in [0.1, 0.15) is 0 Å². The zero-order valence-corrected chi connectivity index (χ0v) is 12.5. The van der Waals surface area contributed by atoms with Crippen molar-refractivity contribution in [3.05, 3.63) is 65.2 Å². The van der Waals surface area contributed by atoms with Crippen molar-refractivity contribution in [3.8, 4) is 6.07 Å². The third kappa shape index (κ3) is 3.09. The maximum Gasteiger partial charge on any atom is 0.161 e. The van der Waals surface area contributed by atoms with E-state index in [0.29, 0.717) is 10.8 Å². The number of hydrogen-bond donors (Lipinski definition) is 1. The SMILES string of the molecule is Cc1ccc(C#N)cc1NC1=NCC(c2ccccc2)S1. The van der Waals surface area contributed by atoms with Crippen LogP contribution in [0.15, 0.2) is 53.5 Å². The van der Waals surface area contributed by atoms with Crippen molar-refractivity contribution < 1.29 is 0 Å². The van der Waals surface area contributed by atoms with E-state index in [4.69, 9.17) is 5.26 Å². The lowest BCUT2D eigenvalue weighted by atomic mass is 10.1. The van der Waals surface area contributed by atoms with Crippen LogP contribution in [0.25, 0.3) is 0 Å². The molecule has 1 aliphatic rings. The quantitative estimate of drug-likeness (QED) is 0.906. The van der Waals surface area contributed by atoms with Gasteiger partial charge < -0.3 is 5.32 Å². The lowest BCUT2D eigenvalue weighted by molar-refractivity contribution is 0.966. The molecule has 0 aliphatic carbocycles. The number of thioether (sulfide) groups is 1. The van der Waals surface area contributed by atoms with Gasteiger partial charge in [-0.2, -0.15) is 5.26 Å². The van der Waals surface area contributed by atoms with Crippen molar-refractivity contribution in [1.29, 1.82) is 5.26 Å². The number of rotatable bonds is 2. The zero-order chi connectivity index (χ0) is 14.7. The average molecular weight is 293 g/mol. The van der Waals surface area contributed by atoms with Gasteiger partial charge in [-0.25, -0.2) is 0 Å². The summed E-state index contributed by atoms with van der Waals surface area (Å²) < 4.78 is 0. The lowest BCUT2D eigenvalue weighted by Crippen LogP contribution is -2.07. The second-order valence-electron chi connectivity index (χ2n) is 4.93. The monoisotopic (exact) mass is 293 g/mol. The highest BCUT2D eigenvalue weighted by molar-refractivity contribution is 8.14. The standard InChI is InChI=1S/C17H15N3S/c1-12-7-8-13(10-18)9-15(12)20-17-19-11-16(21-17)14-5-3-2-4-6-14/h2-9,16H,11H2,1H3,(H,19,20). The maximum atomic E-state index is 8.99. The summed E-state index contributed by atoms with van der Waals surface area (Å²) in [6, 6.07) is 18.2. The normalized spacial score (nSPS) is 17.1. The molecular formula is C17H15N3S. The molecule has 0 fully saturated rings. The molecule has 0 radical (unpaired) electrons. The molecule has 104 valence electrons. The van der Waals surface area contributed by atoms with Gasteiger partial charge in [-0.3, -0.25) is 4.99 Å². The van der Waals surface area contributed by atoms with Crippen LogP contribution in [0.1, 0.15) is 21.9 Å². The molecule has 1 unspecified atom stereocenters. The van der Waals surface area contributed by atoms with Crippen LogP contribution in [0, 0.1) is 18.3 Å². The second kappa shape index (κ2) is 6.02. The molecule has 1 aliphatic heterocycles. The van der Waals surface area contributed by atoms with E-state index in [9.17, 15) is 0 Å². The van der Waals surface area contributed by atoms with Gasteiger partial charge in [0.25, 0.3) is 0 Å². The highest BCUT2D eigenvalue weighted by atomic mass is 32.2. The van der Waals surface area contributed by atoms with E-state index in [1.807, 2.05) is 31.2 Å². The lowest BCUT2D eigenvalue weighted by Gasteiger charge is -2.11. The number of benzene rings is 2. The second-order valence-corrected chi connectivity index (χ2v) is 6.12.